The number of thiocarbonyl (C=S) groups is 1. The first-order valence-electron chi connectivity index (χ1n) is 7.12. The van der Waals surface area contributed by atoms with Crippen molar-refractivity contribution in [3.63, 3.8) is 0 Å². The number of benzene rings is 2. The van der Waals surface area contributed by atoms with Gasteiger partial charge >= 0.3 is 0 Å². The minimum atomic E-state index is 0.522. The summed E-state index contributed by atoms with van der Waals surface area (Å²) < 4.78 is 5.66. The number of nitrogens with zero attached hydrogens (tertiary/aromatic N) is 1. The summed E-state index contributed by atoms with van der Waals surface area (Å²) in [5.41, 5.74) is 1.91. The van der Waals surface area contributed by atoms with E-state index in [-0.39, 0.29) is 0 Å². The second-order valence-electron chi connectivity index (χ2n) is 5.12. The van der Waals surface area contributed by atoms with Gasteiger partial charge in [-0.2, -0.15) is 0 Å². The number of nitrogens with one attached hydrogen (secondary N) is 1. The van der Waals surface area contributed by atoms with Crippen LogP contribution in [0.25, 0.3) is 0 Å². The fourth-order valence-electron chi connectivity index (χ4n) is 1.82. The molecule has 6 heteroatoms. The van der Waals surface area contributed by atoms with Gasteiger partial charge in [0.2, 0.25) is 0 Å². The van der Waals surface area contributed by atoms with Crippen LogP contribution < -0.4 is 10.1 Å². The predicted octanol–water partition coefficient (Wildman–Crippen LogP) is 5.01. The van der Waals surface area contributed by atoms with E-state index < -0.39 is 0 Å². The molecule has 0 saturated heterocycles. The summed E-state index contributed by atoms with van der Waals surface area (Å²) in [6.07, 6.45) is 0. The number of rotatable bonds is 5. The molecule has 0 unspecified atom stereocenters. The maximum atomic E-state index is 6.11. The summed E-state index contributed by atoms with van der Waals surface area (Å²) in [5.74, 6) is 0.784. The van der Waals surface area contributed by atoms with Crippen molar-refractivity contribution in [3.05, 3.63) is 58.1 Å². The molecule has 0 aliphatic rings. The van der Waals surface area contributed by atoms with Crippen LogP contribution in [0, 0.1) is 6.92 Å². The molecule has 0 aromatic heterocycles. The average molecular weight is 369 g/mol. The molecule has 0 aliphatic heterocycles. The van der Waals surface area contributed by atoms with E-state index in [0.29, 0.717) is 28.3 Å². The second kappa shape index (κ2) is 8.39. The van der Waals surface area contributed by atoms with Crippen LogP contribution in [0.5, 0.6) is 5.75 Å². The zero-order valence-corrected chi connectivity index (χ0v) is 15.3. The molecule has 1 N–H and O–H groups in total. The van der Waals surface area contributed by atoms with E-state index in [4.69, 9.17) is 40.2 Å². The van der Waals surface area contributed by atoms with E-state index >= 15 is 0 Å². The molecule has 0 fully saturated rings. The number of anilines is 1. The van der Waals surface area contributed by atoms with Crippen molar-refractivity contribution in [1.29, 1.82) is 0 Å². The van der Waals surface area contributed by atoms with Gasteiger partial charge in [0.1, 0.15) is 12.4 Å². The number of halogens is 2. The Morgan fingerprint density at radius 2 is 1.87 bits per heavy atom. The van der Waals surface area contributed by atoms with E-state index in [1.165, 1.54) is 0 Å². The molecule has 0 saturated carbocycles. The number of hydrogen-bond donors (Lipinski definition) is 1. The lowest BCUT2D eigenvalue weighted by Gasteiger charge is -2.21. The van der Waals surface area contributed by atoms with Gasteiger partial charge in [-0.15, -0.1) is 0 Å². The normalized spacial score (nSPS) is 10.3. The van der Waals surface area contributed by atoms with Gasteiger partial charge in [0.25, 0.3) is 0 Å². The fourth-order valence-corrected chi connectivity index (χ4v) is 2.34. The molecule has 23 heavy (non-hydrogen) atoms. The lowest BCUT2D eigenvalue weighted by Crippen LogP contribution is -2.34. The van der Waals surface area contributed by atoms with Gasteiger partial charge < -0.3 is 15.0 Å². The lowest BCUT2D eigenvalue weighted by atomic mass is 10.2. The van der Waals surface area contributed by atoms with E-state index in [9.17, 15) is 0 Å². The number of likely N-dealkylation sites (N-methyl/N-ethyl adjacent to an activating group) is 1. The van der Waals surface area contributed by atoms with Gasteiger partial charge in [-0.1, -0.05) is 29.3 Å². The Bertz CT molecular complexity index is 677. The van der Waals surface area contributed by atoms with Crippen LogP contribution in [0.4, 0.5) is 5.69 Å². The Hall–Kier alpha value is -1.49. The number of ether oxygens (including phenoxy) is 1. The lowest BCUT2D eigenvalue weighted by molar-refractivity contribution is 0.285. The van der Waals surface area contributed by atoms with Crippen molar-refractivity contribution in [2.75, 3.05) is 25.5 Å². The summed E-state index contributed by atoms with van der Waals surface area (Å²) in [6.45, 7) is 3.15. The van der Waals surface area contributed by atoms with Crippen LogP contribution in [0.2, 0.25) is 10.0 Å². The molecule has 3 nitrogen and oxygen atoms in total. The Morgan fingerprint density at radius 1 is 1.17 bits per heavy atom. The molecule has 0 atom stereocenters. The summed E-state index contributed by atoms with van der Waals surface area (Å²) in [6, 6.07) is 13.0. The Morgan fingerprint density at radius 3 is 2.52 bits per heavy atom. The van der Waals surface area contributed by atoms with Crippen molar-refractivity contribution >= 4 is 46.2 Å². The molecule has 0 heterocycles. The van der Waals surface area contributed by atoms with Crippen LogP contribution in [-0.4, -0.2) is 30.2 Å². The zero-order chi connectivity index (χ0) is 16.8. The average Bonchev–Trinajstić information content (AvgIpc) is 2.52. The Balaban J connectivity index is 1.80. The minimum absolute atomic E-state index is 0.522. The first-order chi connectivity index (χ1) is 11.0. The molecule has 0 radical (unpaired) electrons. The molecule has 0 spiro atoms. The highest BCUT2D eigenvalue weighted by Crippen LogP contribution is 2.20. The summed E-state index contributed by atoms with van der Waals surface area (Å²) >= 11 is 17.3. The standard InChI is InChI=1S/C17H18Cl2N2OS/c1-12-3-6-14(11-16(12)19)20-17(23)21(2)9-10-22-15-7-4-13(18)5-8-15/h3-8,11H,9-10H2,1-2H3,(H,20,23). The highest BCUT2D eigenvalue weighted by molar-refractivity contribution is 7.80. The fraction of sp³-hybridized carbons (Fsp3) is 0.235. The van der Waals surface area contributed by atoms with Crippen molar-refractivity contribution in [1.82, 2.24) is 4.90 Å². The van der Waals surface area contributed by atoms with Crippen molar-refractivity contribution in [3.8, 4) is 5.75 Å². The molecular weight excluding hydrogens is 351 g/mol. The van der Waals surface area contributed by atoms with Crippen LogP contribution in [0.3, 0.4) is 0 Å². The van der Waals surface area contributed by atoms with Crippen LogP contribution in [-0.2, 0) is 0 Å². The van der Waals surface area contributed by atoms with Crippen LogP contribution >= 0.6 is 35.4 Å². The quantitative estimate of drug-likeness (QED) is 0.749. The molecule has 0 amide bonds. The maximum Gasteiger partial charge on any atom is 0.173 e. The summed E-state index contributed by atoms with van der Waals surface area (Å²) in [7, 11) is 1.91. The first kappa shape index (κ1) is 17.9. The van der Waals surface area contributed by atoms with Gasteiger partial charge in [-0.05, 0) is 61.1 Å². The third kappa shape index (κ3) is 5.57. The molecular formula is C17H18Cl2N2OS. The molecule has 0 bridgehead atoms. The SMILES string of the molecule is Cc1ccc(NC(=S)N(C)CCOc2ccc(Cl)cc2)cc1Cl. The largest absolute Gasteiger partial charge is 0.492 e. The Labute approximate surface area is 152 Å². The smallest absolute Gasteiger partial charge is 0.173 e. The van der Waals surface area contributed by atoms with Gasteiger partial charge in [0, 0.05) is 22.8 Å². The van der Waals surface area contributed by atoms with E-state index in [0.717, 1.165) is 17.0 Å². The topological polar surface area (TPSA) is 24.5 Å². The first-order valence-corrected chi connectivity index (χ1v) is 8.29. The van der Waals surface area contributed by atoms with Crippen molar-refractivity contribution in [2.45, 2.75) is 6.92 Å². The van der Waals surface area contributed by atoms with Crippen LogP contribution in [0.15, 0.2) is 42.5 Å². The zero-order valence-electron chi connectivity index (χ0n) is 13.0. The summed E-state index contributed by atoms with van der Waals surface area (Å²) in [5, 5.41) is 5.19. The molecule has 122 valence electrons. The highest BCUT2D eigenvalue weighted by Gasteiger charge is 2.06. The third-order valence-corrected chi connectivity index (χ3v) is 4.35. The monoisotopic (exact) mass is 368 g/mol. The predicted molar refractivity (Wildman–Crippen MR) is 102 cm³/mol. The summed E-state index contributed by atoms with van der Waals surface area (Å²) in [4.78, 5) is 1.92. The van der Waals surface area contributed by atoms with Gasteiger partial charge in [0.15, 0.2) is 5.11 Å². The van der Waals surface area contributed by atoms with Gasteiger partial charge in [0.05, 0.1) is 6.54 Å². The second-order valence-corrected chi connectivity index (χ2v) is 6.35. The van der Waals surface area contributed by atoms with Crippen molar-refractivity contribution < 1.29 is 4.74 Å². The molecule has 2 aromatic carbocycles. The molecule has 0 aliphatic carbocycles. The van der Waals surface area contributed by atoms with Gasteiger partial charge in [-0.3, -0.25) is 0 Å². The maximum absolute atomic E-state index is 6.11. The van der Waals surface area contributed by atoms with Crippen LogP contribution in [0.1, 0.15) is 5.56 Å². The van der Waals surface area contributed by atoms with Gasteiger partial charge in [-0.25, -0.2) is 0 Å². The van der Waals surface area contributed by atoms with Crippen molar-refractivity contribution in [2.24, 2.45) is 0 Å². The Kier molecular flexibility index (Phi) is 6.51. The molecule has 2 aromatic rings. The van der Waals surface area contributed by atoms with E-state index in [2.05, 4.69) is 5.32 Å². The number of aryl methyl sites for hydroxylation is 1. The third-order valence-electron chi connectivity index (χ3n) is 3.28. The molecule has 2 rings (SSSR count). The number of hydrogen-bond acceptors (Lipinski definition) is 2. The van der Waals surface area contributed by atoms with E-state index in [1.807, 2.05) is 49.2 Å². The minimum Gasteiger partial charge on any atom is -0.492 e. The van der Waals surface area contributed by atoms with E-state index in [1.54, 1.807) is 12.1 Å². The highest BCUT2D eigenvalue weighted by atomic mass is 35.5.